The molecule has 1 aromatic heterocycles. The molecule has 1 atom stereocenters. The molecular weight excluding hydrogens is 256 g/mol. The molecule has 9 heteroatoms. The maximum absolute atomic E-state index is 11.0. The van der Waals surface area contributed by atoms with E-state index in [1.807, 2.05) is 0 Å². The van der Waals surface area contributed by atoms with Gasteiger partial charge < -0.3 is 15.5 Å². The predicted octanol–water partition coefficient (Wildman–Crippen LogP) is -0.595. The van der Waals surface area contributed by atoms with Crippen molar-refractivity contribution in [3.8, 4) is 0 Å². The summed E-state index contributed by atoms with van der Waals surface area (Å²) in [5.74, 6) is -2.50. The molecule has 0 aliphatic rings. The molecule has 0 aliphatic heterocycles. The van der Waals surface area contributed by atoms with E-state index in [0.29, 0.717) is 5.69 Å². The van der Waals surface area contributed by atoms with Crippen molar-refractivity contribution >= 4 is 17.8 Å². The molecule has 1 amide bonds. The number of carboxylic acid groups (broad SMARTS) is 2. The van der Waals surface area contributed by atoms with Crippen LogP contribution in [0, 0.1) is 0 Å². The van der Waals surface area contributed by atoms with Gasteiger partial charge in [-0.25, -0.2) is 9.48 Å². The van der Waals surface area contributed by atoms with Gasteiger partial charge in [-0.05, 0) is 6.42 Å². The van der Waals surface area contributed by atoms with Crippen molar-refractivity contribution in [2.24, 2.45) is 0 Å². The third-order valence-electron chi connectivity index (χ3n) is 2.31. The fraction of sp³-hybridized carbons (Fsp3) is 0.500. The normalized spacial score (nSPS) is 11.8. The summed E-state index contributed by atoms with van der Waals surface area (Å²) in [6, 6.07) is -1.09. The standard InChI is InChI=1S/C10H14N4O5/c1-6(15)11-4-7-5-14(13-12-7)8(10(18)19)2-3-9(16)17/h5,8H,2-4H2,1H3,(H,11,15)(H,16,17)(H,18,19). The lowest BCUT2D eigenvalue weighted by molar-refractivity contribution is -0.142. The Labute approximate surface area is 108 Å². The highest BCUT2D eigenvalue weighted by Crippen LogP contribution is 2.13. The molecule has 1 rings (SSSR count). The molecule has 0 spiro atoms. The average Bonchev–Trinajstić information content (AvgIpc) is 2.74. The Kier molecular flexibility index (Phi) is 4.98. The van der Waals surface area contributed by atoms with Gasteiger partial charge in [0.1, 0.15) is 5.69 Å². The van der Waals surface area contributed by atoms with Crippen LogP contribution in [0.3, 0.4) is 0 Å². The summed E-state index contributed by atoms with van der Waals surface area (Å²) >= 11 is 0. The van der Waals surface area contributed by atoms with Crippen molar-refractivity contribution in [2.75, 3.05) is 0 Å². The smallest absolute Gasteiger partial charge is 0.328 e. The lowest BCUT2D eigenvalue weighted by Gasteiger charge is -2.10. The number of aromatic nitrogens is 3. The molecule has 0 radical (unpaired) electrons. The van der Waals surface area contributed by atoms with E-state index in [1.54, 1.807) is 0 Å². The molecule has 1 aromatic rings. The monoisotopic (exact) mass is 270 g/mol. The van der Waals surface area contributed by atoms with E-state index < -0.39 is 18.0 Å². The van der Waals surface area contributed by atoms with Crippen molar-refractivity contribution in [3.63, 3.8) is 0 Å². The van der Waals surface area contributed by atoms with E-state index in [-0.39, 0.29) is 25.3 Å². The van der Waals surface area contributed by atoms with Crippen LogP contribution >= 0.6 is 0 Å². The molecule has 0 aromatic carbocycles. The number of nitrogens with zero attached hydrogens (tertiary/aromatic N) is 3. The van der Waals surface area contributed by atoms with E-state index in [9.17, 15) is 14.4 Å². The number of aliphatic carboxylic acids is 2. The van der Waals surface area contributed by atoms with Crippen LogP contribution < -0.4 is 5.32 Å². The third kappa shape index (κ3) is 4.74. The van der Waals surface area contributed by atoms with Crippen LogP contribution in [-0.2, 0) is 20.9 Å². The van der Waals surface area contributed by atoms with E-state index in [2.05, 4.69) is 15.6 Å². The Morgan fingerprint density at radius 1 is 1.42 bits per heavy atom. The zero-order valence-electron chi connectivity index (χ0n) is 10.2. The zero-order chi connectivity index (χ0) is 14.4. The van der Waals surface area contributed by atoms with Crippen LogP contribution in [0.15, 0.2) is 6.20 Å². The first-order valence-electron chi connectivity index (χ1n) is 5.50. The van der Waals surface area contributed by atoms with E-state index in [1.165, 1.54) is 13.1 Å². The minimum Gasteiger partial charge on any atom is -0.481 e. The van der Waals surface area contributed by atoms with Crippen LogP contribution in [0.5, 0.6) is 0 Å². The lowest BCUT2D eigenvalue weighted by atomic mass is 10.1. The Bertz CT molecular complexity index is 484. The summed E-state index contributed by atoms with van der Waals surface area (Å²) in [6.07, 6.45) is 1.00. The Morgan fingerprint density at radius 2 is 2.11 bits per heavy atom. The Balaban J connectivity index is 2.71. The fourth-order valence-corrected chi connectivity index (χ4v) is 1.39. The van der Waals surface area contributed by atoms with Crippen LogP contribution in [0.4, 0.5) is 0 Å². The minimum absolute atomic E-state index is 0.0897. The molecule has 0 aliphatic carbocycles. The van der Waals surface area contributed by atoms with Crippen LogP contribution in [0.2, 0.25) is 0 Å². The first-order valence-corrected chi connectivity index (χ1v) is 5.50. The van der Waals surface area contributed by atoms with Crippen molar-refractivity contribution in [1.82, 2.24) is 20.3 Å². The number of hydrogen-bond donors (Lipinski definition) is 3. The Hall–Kier alpha value is -2.45. The second-order valence-corrected chi connectivity index (χ2v) is 3.89. The lowest BCUT2D eigenvalue weighted by Crippen LogP contribution is -2.21. The molecule has 9 nitrogen and oxygen atoms in total. The first-order chi connectivity index (χ1) is 8.90. The van der Waals surface area contributed by atoms with Gasteiger partial charge in [-0.3, -0.25) is 9.59 Å². The predicted molar refractivity (Wildman–Crippen MR) is 61.1 cm³/mol. The van der Waals surface area contributed by atoms with Gasteiger partial charge in [-0.2, -0.15) is 0 Å². The number of carbonyl (C=O) groups excluding carboxylic acids is 1. The Morgan fingerprint density at radius 3 is 2.63 bits per heavy atom. The van der Waals surface area contributed by atoms with Crippen molar-refractivity contribution in [1.29, 1.82) is 0 Å². The van der Waals surface area contributed by atoms with Gasteiger partial charge in [0, 0.05) is 13.3 Å². The van der Waals surface area contributed by atoms with Gasteiger partial charge in [-0.1, -0.05) is 5.21 Å². The van der Waals surface area contributed by atoms with Crippen molar-refractivity contribution < 1.29 is 24.6 Å². The molecule has 0 bridgehead atoms. The molecule has 0 saturated carbocycles. The van der Waals surface area contributed by atoms with Gasteiger partial charge >= 0.3 is 11.9 Å². The molecule has 3 N–H and O–H groups in total. The molecule has 1 unspecified atom stereocenters. The number of hydrogen-bond acceptors (Lipinski definition) is 5. The van der Waals surface area contributed by atoms with Gasteiger partial charge in [-0.15, -0.1) is 5.10 Å². The molecule has 104 valence electrons. The number of nitrogens with one attached hydrogen (secondary N) is 1. The fourth-order valence-electron chi connectivity index (χ4n) is 1.39. The maximum Gasteiger partial charge on any atom is 0.328 e. The zero-order valence-corrected chi connectivity index (χ0v) is 10.2. The molecule has 0 fully saturated rings. The van der Waals surface area contributed by atoms with E-state index in [4.69, 9.17) is 10.2 Å². The molecule has 0 saturated heterocycles. The highest BCUT2D eigenvalue weighted by atomic mass is 16.4. The van der Waals surface area contributed by atoms with Gasteiger partial charge in [0.15, 0.2) is 6.04 Å². The summed E-state index contributed by atoms with van der Waals surface area (Å²) in [5, 5.41) is 27.4. The van der Waals surface area contributed by atoms with Gasteiger partial charge in [0.2, 0.25) is 5.91 Å². The summed E-state index contributed by atoms with van der Waals surface area (Å²) < 4.78 is 1.09. The topological polar surface area (TPSA) is 134 Å². The quantitative estimate of drug-likeness (QED) is 0.602. The van der Waals surface area contributed by atoms with Crippen LogP contribution in [-0.4, -0.2) is 43.1 Å². The first kappa shape index (κ1) is 14.6. The van der Waals surface area contributed by atoms with E-state index in [0.717, 1.165) is 4.68 Å². The maximum atomic E-state index is 11.0. The molecule has 1 heterocycles. The van der Waals surface area contributed by atoms with Crippen LogP contribution in [0.1, 0.15) is 31.5 Å². The number of carbonyl (C=O) groups is 3. The largest absolute Gasteiger partial charge is 0.481 e. The molecule has 19 heavy (non-hydrogen) atoms. The average molecular weight is 270 g/mol. The second-order valence-electron chi connectivity index (χ2n) is 3.89. The highest BCUT2D eigenvalue weighted by molar-refractivity contribution is 5.73. The summed E-state index contributed by atoms with van der Waals surface area (Å²) in [5.41, 5.74) is 0.400. The van der Waals surface area contributed by atoms with E-state index >= 15 is 0 Å². The SMILES string of the molecule is CC(=O)NCc1cn(C(CCC(=O)O)C(=O)O)nn1. The van der Waals surface area contributed by atoms with Crippen LogP contribution in [0.25, 0.3) is 0 Å². The number of carboxylic acids is 2. The summed E-state index contributed by atoms with van der Waals surface area (Å²) in [6.45, 7) is 1.48. The minimum atomic E-state index is -1.18. The second kappa shape index (κ2) is 6.47. The highest BCUT2D eigenvalue weighted by Gasteiger charge is 2.22. The van der Waals surface area contributed by atoms with Gasteiger partial charge in [0.25, 0.3) is 0 Å². The number of rotatable bonds is 7. The summed E-state index contributed by atoms with van der Waals surface area (Å²) in [4.78, 5) is 32.2. The third-order valence-corrected chi connectivity index (χ3v) is 2.31. The van der Waals surface area contributed by atoms with Crippen molar-refractivity contribution in [2.45, 2.75) is 32.4 Å². The summed E-state index contributed by atoms with van der Waals surface area (Å²) in [7, 11) is 0. The van der Waals surface area contributed by atoms with Crippen molar-refractivity contribution in [3.05, 3.63) is 11.9 Å². The number of amides is 1. The molecular formula is C10H14N4O5. The van der Waals surface area contributed by atoms with Gasteiger partial charge in [0.05, 0.1) is 12.7 Å².